The van der Waals surface area contributed by atoms with Crippen LogP contribution in [0.4, 0.5) is 0 Å². The van der Waals surface area contributed by atoms with Crippen LogP contribution in [0.5, 0.6) is 23.0 Å². The molecule has 14 rings (SSSR count). The number of fused-ring (bicyclic) bond motifs is 3. The molecule has 0 aliphatic carbocycles. The lowest BCUT2D eigenvalue weighted by molar-refractivity contribution is 0.100. The summed E-state index contributed by atoms with van der Waals surface area (Å²) in [5.41, 5.74) is 3.02. The molecule has 14 aromatic carbocycles. The highest BCUT2D eigenvalue weighted by atomic mass is 16.5. The summed E-state index contributed by atoms with van der Waals surface area (Å²) >= 11 is 0. The predicted molar refractivity (Wildman–Crippen MR) is 367 cm³/mol. The van der Waals surface area contributed by atoms with Gasteiger partial charge < -0.3 is 9.47 Å². The minimum atomic E-state index is 0.0752. The van der Waals surface area contributed by atoms with E-state index in [9.17, 15) is 14.4 Å². The largest absolute Gasteiger partial charge is 0.457 e. The van der Waals surface area contributed by atoms with E-state index >= 15 is 0 Å². The van der Waals surface area contributed by atoms with E-state index in [1.54, 1.807) is 13.8 Å². The molecular weight excluding hydrogens is 1080 g/mol. The van der Waals surface area contributed by atoms with Gasteiger partial charge in [-0.2, -0.15) is 0 Å². The molecule has 0 atom stereocenters. The van der Waals surface area contributed by atoms with Crippen LogP contribution in [-0.4, -0.2) is 17.3 Å². The van der Waals surface area contributed by atoms with Gasteiger partial charge in [0.1, 0.15) is 23.0 Å². The third kappa shape index (κ3) is 23.6. The van der Waals surface area contributed by atoms with Gasteiger partial charge in [-0.25, -0.2) is 0 Å². The number of hydrogen-bond acceptors (Lipinski definition) is 5. The highest BCUT2D eigenvalue weighted by molar-refractivity contribution is 6.09. The SMILES string of the molecule is CC(=O)c1ccccc1.CC(=O)c1ccccc1.O=C(c1ccccc1)c1ccccc1.c1ccc(Oc2ccc(Oc3ccccc3)cc2)cc1.c1ccc2cc3ccccc3cc2c1.c1ccc2ccccc2c1.c1ccccc1.c1ccccc1. The maximum atomic E-state index is 11.8. The molecule has 0 bridgehead atoms. The molecule has 5 nitrogen and oxygen atoms in total. The summed E-state index contributed by atoms with van der Waals surface area (Å²) in [6.07, 6.45) is 0. The number of rotatable bonds is 8. The Morgan fingerprint density at radius 1 is 0.193 bits per heavy atom. The summed E-state index contributed by atoms with van der Waals surface area (Å²) in [6, 6.07) is 126. The van der Waals surface area contributed by atoms with Crippen LogP contribution in [0, 0.1) is 0 Å². The zero-order chi connectivity index (χ0) is 61.5. The van der Waals surface area contributed by atoms with Crippen LogP contribution in [0.2, 0.25) is 0 Å². The molecule has 0 aliphatic rings. The molecule has 0 saturated carbocycles. The predicted octanol–water partition coefficient (Wildman–Crippen LogP) is 22.2. The smallest absolute Gasteiger partial charge is 0.193 e. The second-order valence-electron chi connectivity index (χ2n) is 19.4. The number of ketones is 3. The first-order valence-electron chi connectivity index (χ1n) is 28.9. The summed E-state index contributed by atoms with van der Waals surface area (Å²) in [6.45, 7) is 3.13. The van der Waals surface area contributed by atoms with Gasteiger partial charge in [-0.05, 0) is 107 Å². The van der Waals surface area contributed by atoms with Gasteiger partial charge in [0, 0.05) is 22.3 Å². The highest BCUT2D eigenvalue weighted by Crippen LogP contribution is 2.27. The summed E-state index contributed by atoms with van der Waals surface area (Å²) in [4.78, 5) is 33.1. The summed E-state index contributed by atoms with van der Waals surface area (Å²) in [5, 5.41) is 7.87. The van der Waals surface area contributed by atoms with E-state index in [2.05, 4.69) is 109 Å². The highest BCUT2D eigenvalue weighted by Gasteiger charge is 2.06. The van der Waals surface area contributed by atoms with E-state index in [0.29, 0.717) is 0 Å². The van der Waals surface area contributed by atoms with Crippen molar-refractivity contribution in [2.24, 2.45) is 0 Å². The monoisotopic (exact) mass is 1150 g/mol. The Balaban J connectivity index is 0.000000148. The molecule has 0 spiro atoms. The van der Waals surface area contributed by atoms with Crippen LogP contribution in [0.3, 0.4) is 0 Å². The molecule has 0 N–H and O–H groups in total. The molecule has 0 saturated heterocycles. The van der Waals surface area contributed by atoms with Crippen molar-refractivity contribution in [2.75, 3.05) is 0 Å². The Kier molecular flexibility index (Phi) is 27.4. The van der Waals surface area contributed by atoms with E-state index in [1.807, 2.05) is 279 Å². The lowest BCUT2D eigenvalue weighted by Gasteiger charge is -2.08. The fourth-order valence-electron chi connectivity index (χ4n) is 8.30. The van der Waals surface area contributed by atoms with E-state index < -0.39 is 0 Å². The number of ether oxygens (including phenoxy) is 2. The van der Waals surface area contributed by atoms with Gasteiger partial charge in [0.15, 0.2) is 17.3 Å². The van der Waals surface area contributed by atoms with Crippen LogP contribution >= 0.6 is 0 Å². The third-order valence-corrected chi connectivity index (χ3v) is 12.8. The number of carbonyl (C=O) groups is 3. The Morgan fingerprint density at radius 3 is 0.580 bits per heavy atom. The standard InChI is InChI=1S/C18H14O2.C14H10.C13H10O.C10H8.2C8H8O.2C6H6/c1-3-7-15(8-4-1)19-17-11-13-18(14-12-17)20-16-9-5-2-6-10-16;1-2-6-12-10-14-8-4-3-7-13(14)9-11(12)5-1;14-13(11-7-3-1-4-8-11)12-9-5-2-6-10-12;1-2-6-10-8-4-3-7-9(10)5-1;2*1-7(9)8-5-3-2-4-6-8;2*1-2-4-6-5-3-1/h1-14H;2*1-10H;1-8H;2*2-6H,1H3;2*1-6H. The maximum absolute atomic E-state index is 11.8. The number of carbonyl (C=O) groups excluding carboxylic acids is 3. The Hall–Kier alpha value is -11.5. The van der Waals surface area contributed by atoms with Gasteiger partial charge in [0.25, 0.3) is 0 Å². The number of hydrogen-bond donors (Lipinski definition) is 0. The maximum Gasteiger partial charge on any atom is 0.193 e. The first-order chi connectivity index (χ1) is 43.3. The van der Waals surface area contributed by atoms with Crippen molar-refractivity contribution in [1.29, 1.82) is 0 Å². The molecule has 5 heteroatoms. The zero-order valence-corrected chi connectivity index (χ0v) is 49.5. The van der Waals surface area contributed by atoms with Crippen molar-refractivity contribution in [1.82, 2.24) is 0 Å². The van der Waals surface area contributed by atoms with E-state index in [0.717, 1.165) is 45.3 Å². The molecule has 432 valence electrons. The van der Waals surface area contributed by atoms with E-state index in [1.165, 1.54) is 32.3 Å². The lowest BCUT2D eigenvalue weighted by Crippen LogP contribution is -1.99. The van der Waals surface area contributed by atoms with Crippen molar-refractivity contribution in [2.45, 2.75) is 13.8 Å². The molecule has 0 aliphatic heterocycles. The molecule has 0 heterocycles. The fraction of sp³-hybridized carbons (Fsp3) is 0.0241. The van der Waals surface area contributed by atoms with Gasteiger partial charge in [0.2, 0.25) is 0 Å². The van der Waals surface area contributed by atoms with Gasteiger partial charge in [-0.15, -0.1) is 0 Å². The second-order valence-corrected chi connectivity index (χ2v) is 19.4. The molecular formula is C83H70O5. The summed E-state index contributed by atoms with van der Waals surface area (Å²) in [7, 11) is 0. The molecule has 0 radical (unpaired) electrons. The molecule has 0 fully saturated rings. The fourth-order valence-corrected chi connectivity index (χ4v) is 8.30. The van der Waals surface area contributed by atoms with Crippen molar-refractivity contribution in [3.05, 3.63) is 411 Å². The quantitative estimate of drug-likeness (QED) is 0.112. The minimum absolute atomic E-state index is 0.0752. The molecule has 14 aromatic rings. The Bertz CT molecular complexity index is 3760. The Morgan fingerprint density at radius 2 is 0.364 bits per heavy atom. The van der Waals surface area contributed by atoms with Crippen molar-refractivity contribution < 1.29 is 23.9 Å². The van der Waals surface area contributed by atoms with Crippen molar-refractivity contribution >= 4 is 49.7 Å². The Labute approximate surface area is 518 Å². The molecule has 88 heavy (non-hydrogen) atoms. The van der Waals surface area contributed by atoms with Crippen LogP contribution in [0.15, 0.2) is 388 Å². The van der Waals surface area contributed by atoms with Crippen molar-refractivity contribution in [3.8, 4) is 23.0 Å². The van der Waals surface area contributed by atoms with E-state index in [4.69, 9.17) is 9.47 Å². The average molecular weight is 1150 g/mol. The topological polar surface area (TPSA) is 69.7 Å². The molecule has 0 aromatic heterocycles. The first-order valence-corrected chi connectivity index (χ1v) is 28.9. The van der Waals surface area contributed by atoms with E-state index in [-0.39, 0.29) is 17.3 Å². The van der Waals surface area contributed by atoms with Gasteiger partial charge in [-0.3, -0.25) is 14.4 Å². The normalized spacial score (nSPS) is 9.61. The van der Waals surface area contributed by atoms with Crippen LogP contribution < -0.4 is 9.47 Å². The number of Topliss-reactive ketones (excluding diaryl/α,β-unsaturated/α-hetero) is 2. The van der Waals surface area contributed by atoms with Gasteiger partial charge in [-0.1, -0.05) is 328 Å². The third-order valence-electron chi connectivity index (χ3n) is 12.8. The van der Waals surface area contributed by atoms with Crippen LogP contribution in [-0.2, 0) is 0 Å². The summed E-state index contributed by atoms with van der Waals surface area (Å²) in [5.74, 6) is 3.54. The number of para-hydroxylation sites is 2. The average Bonchev–Trinajstić information content (AvgIpc) is 3.56. The zero-order valence-electron chi connectivity index (χ0n) is 49.5. The minimum Gasteiger partial charge on any atom is -0.457 e. The van der Waals surface area contributed by atoms with Crippen LogP contribution in [0.1, 0.15) is 50.5 Å². The second kappa shape index (κ2) is 37.6. The van der Waals surface area contributed by atoms with Crippen molar-refractivity contribution in [3.63, 3.8) is 0 Å². The molecule has 0 amide bonds. The van der Waals surface area contributed by atoms with Crippen LogP contribution in [0.25, 0.3) is 32.3 Å². The molecule has 0 unspecified atom stereocenters. The summed E-state index contributed by atoms with van der Waals surface area (Å²) < 4.78 is 11.5. The van der Waals surface area contributed by atoms with Gasteiger partial charge >= 0.3 is 0 Å². The number of benzene rings is 14. The first kappa shape index (κ1) is 64.0. The lowest BCUT2D eigenvalue weighted by atomic mass is 10.0. The van der Waals surface area contributed by atoms with Gasteiger partial charge in [0.05, 0.1) is 0 Å².